The van der Waals surface area contributed by atoms with Gasteiger partial charge in [-0.2, -0.15) is 0 Å². The van der Waals surface area contributed by atoms with E-state index in [9.17, 15) is 9.59 Å². The van der Waals surface area contributed by atoms with E-state index >= 15 is 0 Å². The van der Waals surface area contributed by atoms with Crippen LogP contribution in [0.25, 0.3) is 0 Å². The van der Waals surface area contributed by atoms with Gasteiger partial charge in [-0.3, -0.25) is 9.59 Å². The maximum Gasteiger partial charge on any atom is 0.251 e. The lowest BCUT2D eigenvalue weighted by molar-refractivity contribution is -0.127. The quantitative estimate of drug-likeness (QED) is 0.835. The Kier molecular flexibility index (Phi) is 6.23. The zero-order chi connectivity index (χ0) is 17.7. The average Bonchev–Trinajstić information content (AvgIpc) is 2.91. The molecule has 1 aliphatic heterocycles. The number of amides is 2. The van der Waals surface area contributed by atoms with Gasteiger partial charge in [0, 0.05) is 50.4 Å². The van der Waals surface area contributed by atoms with Crippen molar-refractivity contribution in [2.24, 2.45) is 5.92 Å². The molecule has 0 unspecified atom stereocenters. The summed E-state index contributed by atoms with van der Waals surface area (Å²) in [5, 5.41) is 2.98. The third-order valence-corrected chi connectivity index (χ3v) is 4.25. The molecule has 5 nitrogen and oxygen atoms in total. The highest BCUT2D eigenvalue weighted by molar-refractivity contribution is 5.94. The number of carbonyl (C=O) groups is 2. The Morgan fingerprint density at radius 3 is 2.46 bits per heavy atom. The van der Waals surface area contributed by atoms with Crippen LogP contribution in [0.15, 0.2) is 24.3 Å². The maximum absolute atomic E-state index is 12.3. The first-order valence-corrected chi connectivity index (χ1v) is 8.76. The lowest BCUT2D eigenvalue weighted by Crippen LogP contribution is -2.42. The summed E-state index contributed by atoms with van der Waals surface area (Å²) in [6.07, 6.45) is 1.55. The fourth-order valence-corrected chi connectivity index (χ4v) is 3.10. The molecule has 0 saturated carbocycles. The minimum Gasteiger partial charge on any atom is -0.374 e. The Bertz CT molecular complexity index is 568. The van der Waals surface area contributed by atoms with Gasteiger partial charge in [-0.25, -0.2) is 0 Å². The molecule has 1 aliphatic rings. The van der Waals surface area contributed by atoms with Crippen LogP contribution in [0, 0.1) is 5.92 Å². The van der Waals surface area contributed by atoms with E-state index in [2.05, 4.69) is 31.1 Å². The SMILES string of the molecule is CC(C)CN(C)c1ccc(C(=O)N[C@H](C)CN2CCCC2=O)cc1. The van der Waals surface area contributed by atoms with Gasteiger partial charge in [0.15, 0.2) is 0 Å². The van der Waals surface area contributed by atoms with Gasteiger partial charge in [0.05, 0.1) is 0 Å². The number of nitrogens with one attached hydrogen (secondary N) is 1. The summed E-state index contributed by atoms with van der Waals surface area (Å²) in [5.41, 5.74) is 1.76. The van der Waals surface area contributed by atoms with Gasteiger partial charge in [-0.05, 0) is 43.5 Å². The Morgan fingerprint density at radius 1 is 1.25 bits per heavy atom. The summed E-state index contributed by atoms with van der Waals surface area (Å²) < 4.78 is 0. The van der Waals surface area contributed by atoms with Crippen molar-refractivity contribution >= 4 is 17.5 Å². The monoisotopic (exact) mass is 331 g/mol. The Labute approximate surface area is 145 Å². The van der Waals surface area contributed by atoms with Gasteiger partial charge in [-0.1, -0.05) is 13.8 Å². The smallest absolute Gasteiger partial charge is 0.251 e. The molecule has 0 aliphatic carbocycles. The molecule has 1 aromatic carbocycles. The van der Waals surface area contributed by atoms with Crippen LogP contribution in [0.4, 0.5) is 5.69 Å². The van der Waals surface area contributed by atoms with Crippen molar-refractivity contribution in [1.29, 1.82) is 0 Å². The Hall–Kier alpha value is -2.04. The molecule has 1 saturated heterocycles. The molecule has 2 rings (SSSR count). The molecule has 132 valence electrons. The van der Waals surface area contributed by atoms with Gasteiger partial charge >= 0.3 is 0 Å². The number of hydrogen-bond acceptors (Lipinski definition) is 3. The standard InChI is InChI=1S/C19H29N3O2/c1-14(2)12-21(4)17-9-7-16(8-10-17)19(24)20-15(3)13-22-11-5-6-18(22)23/h7-10,14-15H,5-6,11-13H2,1-4H3,(H,20,24)/t15-/m1/s1. The van der Waals surface area contributed by atoms with Crippen molar-refractivity contribution in [2.45, 2.75) is 39.7 Å². The predicted molar refractivity (Wildman–Crippen MR) is 97.3 cm³/mol. The van der Waals surface area contributed by atoms with E-state index < -0.39 is 0 Å². The summed E-state index contributed by atoms with van der Waals surface area (Å²) >= 11 is 0. The van der Waals surface area contributed by atoms with Gasteiger partial charge in [-0.15, -0.1) is 0 Å². The third-order valence-electron chi connectivity index (χ3n) is 4.25. The second-order valence-corrected chi connectivity index (χ2v) is 7.14. The molecule has 0 bridgehead atoms. The first-order chi connectivity index (χ1) is 11.4. The van der Waals surface area contributed by atoms with Gasteiger partial charge in [0.25, 0.3) is 5.91 Å². The molecule has 2 amide bonds. The summed E-state index contributed by atoms with van der Waals surface area (Å²) in [5.74, 6) is 0.688. The first-order valence-electron chi connectivity index (χ1n) is 8.76. The Morgan fingerprint density at radius 2 is 1.92 bits per heavy atom. The highest BCUT2D eigenvalue weighted by atomic mass is 16.2. The van der Waals surface area contributed by atoms with Crippen molar-refractivity contribution in [2.75, 3.05) is 31.6 Å². The van der Waals surface area contributed by atoms with Crippen LogP contribution in [0.1, 0.15) is 44.0 Å². The number of carbonyl (C=O) groups excluding carboxylic acids is 2. The summed E-state index contributed by atoms with van der Waals surface area (Å²) in [4.78, 5) is 28.0. The van der Waals surface area contributed by atoms with E-state index in [0.29, 0.717) is 24.4 Å². The van der Waals surface area contributed by atoms with Crippen LogP contribution >= 0.6 is 0 Å². The number of likely N-dealkylation sites (tertiary alicyclic amines) is 1. The first kappa shape index (κ1) is 18.3. The highest BCUT2D eigenvalue weighted by Crippen LogP contribution is 2.15. The van der Waals surface area contributed by atoms with Crippen LogP contribution in [0.3, 0.4) is 0 Å². The maximum atomic E-state index is 12.3. The number of hydrogen-bond donors (Lipinski definition) is 1. The molecule has 0 aromatic heterocycles. The lowest BCUT2D eigenvalue weighted by Gasteiger charge is -2.23. The van der Waals surface area contributed by atoms with Crippen molar-refractivity contribution in [1.82, 2.24) is 10.2 Å². The molecule has 1 aromatic rings. The lowest BCUT2D eigenvalue weighted by atomic mass is 10.1. The van der Waals surface area contributed by atoms with E-state index in [0.717, 1.165) is 25.2 Å². The van der Waals surface area contributed by atoms with Gasteiger partial charge < -0.3 is 15.1 Å². The van der Waals surface area contributed by atoms with E-state index in [1.54, 1.807) is 0 Å². The number of benzene rings is 1. The molecular formula is C19H29N3O2. The molecule has 1 atom stereocenters. The van der Waals surface area contributed by atoms with E-state index in [4.69, 9.17) is 0 Å². The highest BCUT2D eigenvalue weighted by Gasteiger charge is 2.22. The van der Waals surface area contributed by atoms with Crippen molar-refractivity contribution in [3.8, 4) is 0 Å². The van der Waals surface area contributed by atoms with E-state index in [-0.39, 0.29) is 17.9 Å². The van der Waals surface area contributed by atoms with E-state index in [1.807, 2.05) is 36.1 Å². The molecule has 1 fully saturated rings. The minimum absolute atomic E-state index is 0.0529. The molecule has 0 spiro atoms. The summed E-state index contributed by atoms with van der Waals surface area (Å²) in [7, 11) is 2.06. The Balaban J connectivity index is 1.88. The number of anilines is 1. The minimum atomic E-state index is -0.0905. The van der Waals surface area contributed by atoms with Crippen LogP contribution in [0.5, 0.6) is 0 Å². The summed E-state index contributed by atoms with van der Waals surface area (Å²) in [6, 6.07) is 7.62. The molecule has 1 N–H and O–H groups in total. The zero-order valence-electron chi connectivity index (χ0n) is 15.2. The van der Waals surface area contributed by atoms with Gasteiger partial charge in [0.2, 0.25) is 5.91 Å². The summed E-state index contributed by atoms with van der Waals surface area (Å²) in [6.45, 7) is 8.67. The normalized spacial score (nSPS) is 15.7. The van der Waals surface area contributed by atoms with Crippen molar-refractivity contribution < 1.29 is 9.59 Å². The van der Waals surface area contributed by atoms with Crippen LogP contribution in [0.2, 0.25) is 0 Å². The molecular weight excluding hydrogens is 302 g/mol. The molecule has 24 heavy (non-hydrogen) atoms. The van der Waals surface area contributed by atoms with E-state index in [1.165, 1.54) is 0 Å². The van der Waals surface area contributed by atoms with Crippen molar-refractivity contribution in [3.63, 3.8) is 0 Å². The fourth-order valence-electron chi connectivity index (χ4n) is 3.10. The van der Waals surface area contributed by atoms with Crippen LogP contribution in [-0.2, 0) is 4.79 Å². The second-order valence-electron chi connectivity index (χ2n) is 7.14. The fraction of sp³-hybridized carbons (Fsp3) is 0.579. The largest absolute Gasteiger partial charge is 0.374 e. The van der Waals surface area contributed by atoms with Crippen molar-refractivity contribution in [3.05, 3.63) is 29.8 Å². The third kappa shape index (κ3) is 4.98. The zero-order valence-corrected chi connectivity index (χ0v) is 15.2. The molecule has 0 radical (unpaired) electrons. The molecule has 5 heteroatoms. The average molecular weight is 331 g/mol. The molecule has 1 heterocycles. The topological polar surface area (TPSA) is 52.7 Å². The predicted octanol–water partition coefficient (Wildman–Crippen LogP) is 2.52. The van der Waals surface area contributed by atoms with Gasteiger partial charge in [0.1, 0.15) is 0 Å². The number of nitrogens with zero attached hydrogens (tertiary/aromatic N) is 2. The van der Waals surface area contributed by atoms with Crippen LogP contribution in [-0.4, -0.2) is 49.4 Å². The van der Waals surface area contributed by atoms with Crippen LogP contribution < -0.4 is 10.2 Å². The second kappa shape index (κ2) is 8.18. The number of rotatable bonds is 7.